The first-order valence-electron chi connectivity index (χ1n) is 13.5. The summed E-state index contributed by atoms with van der Waals surface area (Å²) in [5.41, 5.74) is 6.25. The van der Waals surface area contributed by atoms with Gasteiger partial charge in [0.2, 0.25) is 0 Å². The third kappa shape index (κ3) is 4.69. The molecule has 0 N–H and O–H groups in total. The summed E-state index contributed by atoms with van der Waals surface area (Å²) in [6, 6.07) is 36.7. The number of anilines is 2. The number of hydrogen-bond donors (Lipinski definition) is 0. The van der Waals surface area contributed by atoms with Crippen LogP contribution in [0.5, 0.6) is 0 Å². The van der Waals surface area contributed by atoms with Crippen LogP contribution >= 0.6 is 0 Å². The summed E-state index contributed by atoms with van der Waals surface area (Å²) in [5.74, 6) is -0.292. The first-order chi connectivity index (χ1) is 19.5. The van der Waals surface area contributed by atoms with Gasteiger partial charge in [0.05, 0.1) is 11.3 Å². The van der Waals surface area contributed by atoms with Crippen molar-refractivity contribution in [3.63, 3.8) is 0 Å². The Bertz CT molecular complexity index is 1640. The predicted octanol–water partition coefficient (Wildman–Crippen LogP) is 6.75. The molecule has 0 saturated heterocycles. The Labute approximate surface area is 234 Å². The van der Waals surface area contributed by atoms with Crippen LogP contribution in [0.15, 0.2) is 115 Å². The first-order valence-corrected chi connectivity index (χ1v) is 13.5. The fourth-order valence-corrected chi connectivity index (χ4v) is 5.42. The molecule has 0 unspecified atom stereocenters. The second-order valence-corrected chi connectivity index (χ2v) is 10.2. The number of fused-ring (bicyclic) bond motifs is 1. The quantitative estimate of drug-likeness (QED) is 0.255. The molecule has 6 rings (SSSR count). The topological polar surface area (TPSA) is 58.4 Å². The summed E-state index contributed by atoms with van der Waals surface area (Å²) in [7, 11) is 0. The molecule has 198 valence electrons. The normalized spacial score (nSPS) is 14.4. The van der Waals surface area contributed by atoms with Crippen LogP contribution in [-0.4, -0.2) is 32.5 Å². The minimum atomic E-state index is -0.246. The molecule has 0 saturated carbocycles. The molecule has 0 bridgehead atoms. The number of carbonyl (C=O) groups excluding carboxylic acids is 2. The van der Waals surface area contributed by atoms with E-state index in [4.69, 9.17) is 5.10 Å². The lowest BCUT2D eigenvalue weighted by atomic mass is 9.94. The van der Waals surface area contributed by atoms with Crippen LogP contribution < -0.4 is 4.90 Å². The Balaban J connectivity index is 1.36. The maximum absolute atomic E-state index is 14.0. The van der Waals surface area contributed by atoms with E-state index in [0.717, 1.165) is 23.5 Å². The minimum absolute atomic E-state index is 0.0458. The lowest BCUT2D eigenvalue weighted by Crippen LogP contribution is -2.42. The molecule has 2 amide bonds. The van der Waals surface area contributed by atoms with Gasteiger partial charge in [0.15, 0.2) is 5.69 Å². The van der Waals surface area contributed by atoms with Crippen molar-refractivity contribution in [2.24, 2.45) is 0 Å². The van der Waals surface area contributed by atoms with E-state index < -0.39 is 0 Å². The average Bonchev–Trinajstić information content (AvgIpc) is 3.39. The third-order valence-electron chi connectivity index (χ3n) is 7.47. The fourth-order valence-electron chi connectivity index (χ4n) is 5.42. The molecule has 1 aliphatic rings. The second-order valence-electron chi connectivity index (χ2n) is 10.2. The fraction of sp³-hybridized carbons (Fsp3) is 0.147. The van der Waals surface area contributed by atoms with Gasteiger partial charge in [-0.05, 0) is 73.9 Å². The van der Waals surface area contributed by atoms with Crippen LogP contribution in [0, 0.1) is 6.92 Å². The van der Waals surface area contributed by atoms with Gasteiger partial charge in [-0.25, -0.2) is 4.68 Å². The number of amides is 2. The molecule has 1 atom stereocenters. The zero-order valence-corrected chi connectivity index (χ0v) is 22.6. The molecule has 6 nitrogen and oxygen atoms in total. The summed E-state index contributed by atoms with van der Waals surface area (Å²) < 4.78 is 1.71. The third-order valence-corrected chi connectivity index (χ3v) is 7.47. The van der Waals surface area contributed by atoms with Crippen molar-refractivity contribution in [1.29, 1.82) is 0 Å². The zero-order chi connectivity index (χ0) is 27.6. The van der Waals surface area contributed by atoms with Crippen LogP contribution in [0.25, 0.3) is 5.69 Å². The highest BCUT2D eigenvalue weighted by atomic mass is 16.2. The Morgan fingerprint density at radius 2 is 1.35 bits per heavy atom. The molecular formula is C34H30N4O2. The number of para-hydroxylation sites is 3. The van der Waals surface area contributed by atoms with Crippen LogP contribution in [0.1, 0.15) is 44.6 Å². The van der Waals surface area contributed by atoms with E-state index in [1.165, 1.54) is 11.1 Å². The van der Waals surface area contributed by atoms with Crippen LogP contribution in [0.2, 0.25) is 0 Å². The summed E-state index contributed by atoms with van der Waals surface area (Å²) in [4.78, 5) is 31.5. The summed E-state index contributed by atoms with van der Waals surface area (Å²) in [5, 5.41) is 4.75. The molecular weight excluding hydrogens is 496 g/mol. The lowest BCUT2D eigenvalue weighted by molar-refractivity contribution is 0.0658. The Morgan fingerprint density at radius 1 is 0.775 bits per heavy atom. The highest BCUT2D eigenvalue weighted by Crippen LogP contribution is 2.29. The minimum Gasteiger partial charge on any atom is -0.331 e. The number of carbonyl (C=O) groups is 2. The molecule has 1 aromatic heterocycles. The second kappa shape index (κ2) is 10.7. The summed E-state index contributed by atoms with van der Waals surface area (Å²) in [6.45, 7) is 4.56. The number of aromatic nitrogens is 2. The highest BCUT2D eigenvalue weighted by molar-refractivity contribution is 6.10. The van der Waals surface area contributed by atoms with Crippen molar-refractivity contribution in [2.45, 2.75) is 32.9 Å². The number of benzene rings is 4. The lowest BCUT2D eigenvalue weighted by Gasteiger charge is -2.35. The number of nitrogens with zero attached hydrogens (tertiary/aromatic N) is 4. The molecule has 6 heteroatoms. The Morgan fingerprint density at radius 3 is 2.02 bits per heavy atom. The maximum Gasteiger partial charge on any atom is 0.283 e. The van der Waals surface area contributed by atoms with Gasteiger partial charge in [-0.2, -0.15) is 5.10 Å². The van der Waals surface area contributed by atoms with Crippen molar-refractivity contribution in [3.05, 3.63) is 143 Å². The van der Waals surface area contributed by atoms with Crippen LogP contribution in [0.4, 0.5) is 11.4 Å². The molecule has 0 fully saturated rings. The maximum atomic E-state index is 14.0. The van der Waals surface area contributed by atoms with Gasteiger partial charge in [0, 0.05) is 29.7 Å². The summed E-state index contributed by atoms with van der Waals surface area (Å²) >= 11 is 0. The van der Waals surface area contributed by atoms with E-state index in [1.54, 1.807) is 15.6 Å². The first kappa shape index (κ1) is 25.3. The van der Waals surface area contributed by atoms with Crippen molar-refractivity contribution in [1.82, 2.24) is 14.7 Å². The molecule has 40 heavy (non-hydrogen) atoms. The van der Waals surface area contributed by atoms with E-state index >= 15 is 0 Å². The van der Waals surface area contributed by atoms with Crippen molar-refractivity contribution < 1.29 is 9.59 Å². The van der Waals surface area contributed by atoms with Gasteiger partial charge in [-0.15, -0.1) is 0 Å². The molecule has 0 aliphatic carbocycles. The number of rotatable bonds is 5. The van der Waals surface area contributed by atoms with Crippen molar-refractivity contribution >= 4 is 23.2 Å². The molecule has 2 heterocycles. The SMILES string of the molecule is Cc1cc(C(=O)N(c2ccccc2)c2ccccc2)nn1-c1ccccc1C(=O)N1Cc2ccccc2C[C@@H]1C. The van der Waals surface area contributed by atoms with Gasteiger partial charge < -0.3 is 4.90 Å². The largest absolute Gasteiger partial charge is 0.331 e. The van der Waals surface area contributed by atoms with Gasteiger partial charge in [-0.1, -0.05) is 72.8 Å². The smallest absolute Gasteiger partial charge is 0.283 e. The Hall–Kier alpha value is -4.97. The monoisotopic (exact) mass is 526 g/mol. The average molecular weight is 527 g/mol. The molecule has 1 aliphatic heterocycles. The molecule has 5 aromatic rings. The van der Waals surface area contributed by atoms with E-state index in [2.05, 4.69) is 25.1 Å². The van der Waals surface area contributed by atoms with Gasteiger partial charge in [-0.3, -0.25) is 14.5 Å². The van der Waals surface area contributed by atoms with Crippen molar-refractivity contribution in [3.8, 4) is 5.69 Å². The summed E-state index contributed by atoms with van der Waals surface area (Å²) in [6.07, 6.45) is 0.818. The van der Waals surface area contributed by atoms with E-state index in [0.29, 0.717) is 23.5 Å². The van der Waals surface area contributed by atoms with E-state index in [-0.39, 0.29) is 17.9 Å². The predicted molar refractivity (Wildman–Crippen MR) is 157 cm³/mol. The number of hydrogen-bond acceptors (Lipinski definition) is 3. The van der Waals surface area contributed by atoms with Gasteiger partial charge >= 0.3 is 0 Å². The Kier molecular flexibility index (Phi) is 6.74. The van der Waals surface area contributed by atoms with Crippen LogP contribution in [-0.2, 0) is 13.0 Å². The van der Waals surface area contributed by atoms with Crippen LogP contribution in [0.3, 0.4) is 0 Å². The molecule has 0 spiro atoms. The molecule has 4 aromatic carbocycles. The van der Waals surface area contributed by atoms with Gasteiger partial charge in [0.1, 0.15) is 0 Å². The highest BCUT2D eigenvalue weighted by Gasteiger charge is 2.30. The number of aryl methyl sites for hydroxylation is 1. The van der Waals surface area contributed by atoms with E-state index in [9.17, 15) is 9.59 Å². The van der Waals surface area contributed by atoms with Gasteiger partial charge in [0.25, 0.3) is 11.8 Å². The standard InChI is InChI=1S/C34H30N4O2/c1-24-21-26-13-9-10-14-27(26)23-36(24)33(39)30-19-11-12-20-32(30)38-25(2)22-31(35-38)34(40)37(28-15-5-3-6-16-28)29-17-7-4-8-18-29/h3-20,22,24H,21,23H2,1-2H3/t24-/m0/s1. The van der Waals surface area contributed by atoms with Crippen molar-refractivity contribution in [2.75, 3.05) is 4.90 Å². The molecule has 0 radical (unpaired) electrons. The zero-order valence-electron chi connectivity index (χ0n) is 22.6. The van der Waals surface area contributed by atoms with E-state index in [1.807, 2.05) is 103 Å².